The van der Waals surface area contributed by atoms with E-state index in [0.717, 1.165) is 0 Å². The maximum Gasteiger partial charge on any atom is 0.269 e. The van der Waals surface area contributed by atoms with Crippen LogP contribution in [0.4, 0.5) is 5.82 Å². The van der Waals surface area contributed by atoms with Gasteiger partial charge in [0.2, 0.25) is 5.91 Å². The normalized spacial score (nSPS) is 20.0. The van der Waals surface area contributed by atoms with E-state index >= 15 is 0 Å². The smallest absolute Gasteiger partial charge is 0.269 e. The number of ether oxygens (including phenoxy) is 2. The van der Waals surface area contributed by atoms with Gasteiger partial charge in [0, 0.05) is 18.2 Å². The van der Waals surface area contributed by atoms with Gasteiger partial charge >= 0.3 is 0 Å². The quantitative estimate of drug-likeness (QED) is 0.603. The second-order valence-electron chi connectivity index (χ2n) is 5.69. The summed E-state index contributed by atoms with van der Waals surface area (Å²) in [7, 11) is 0. The molecule has 132 valence electrons. The van der Waals surface area contributed by atoms with Gasteiger partial charge in [0.25, 0.3) is 5.91 Å². The highest BCUT2D eigenvalue weighted by atomic mass is 16.5. The first-order valence-electron chi connectivity index (χ1n) is 7.79. The lowest BCUT2D eigenvalue weighted by molar-refractivity contribution is -0.0135. The Balaban J connectivity index is 1.66. The number of hydrogen-bond donors (Lipinski definition) is 4. The third-order valence-electron chi connectivity index (χ3n) is 3.89. The standard InChI is InChI=1S/C16H19N5O4/c17-14-7-12(20-21-14)16(23)19-11-5-6-24-8-13(11)25-10-3-1-9(2-4-10)15(18)22/h1-4,7,11,13H,5-6,8H2,(H2,18,22)(H,19,23)(H3,17,20,21)/t11-,13-/m1/s1. The minimum absolute atomic E-state index is 0.235. The Morgan fingerprint density at radius 3 is 2.72 bits per heavy atom. The van der Waals surface area contributed by atoms with Gasteiger partial charge in [-0.25, -0.2) is 0 Å². The van der Waals surface area contributed by atoms with Crippen LogP contribution in [0, 0.1) is 0 Å². The Hall–Kier alpha value is -3.07. The van der Waals surface area contributed by atoms with Gasteiger partial charge in [0.1, 0.15) is 23.4 Å². The van der Waals surface area contributed by atoms with Crippen LogP contribution in [0.15, 0.2) is 30.3 Å². The zero-order valence-electron chi connectivity index (χ0n) is 13.4. The molecule has 9 nitrogen and oxygen atoms in total. The summed E-state index contributed by atoms with van der Waals surface area (Å²) < 4.78 is 11.3. The monoisotopic (exact) mass is 345 g/mol. The Labute approximate surface area is 143 Å². The number of nitrogens with one attached hydrogen (secondary N) is 2. The number of primary amides is 1. The maximum absolute atomic E-state index is 12.3. The van der Waals surface area contributed by atoms with Crippen LogP contribution in [0.5, 0.6) is 5.75 Å². The molecule has 2 heterocycles. The molecule has 2 amide bonds. The topological polar surface area (TPSA) is 145 Å². The van der Waals surface area contributed by atoms with Gasteiger partial charge in [-0.05, 0) is 30.7 Å². The first kappa shape index (κ1) is 16.8. The van der Waals surface area contributed by atoms with E-state index in [9.17, 15) is 9.59 Å². The number of anilines is 1. The van der Waals surface area contributed by atoms with E-state index in [1.54, 1.807) is 24.3 Å². The van der Waals surface area contributed by atoms with E-state index in [1.807, 2.05) is 0 Å². The van der Waals surface area contributed by atoms with Crippen molar-refractivity contribution in [1.82, 2.24) is 15.5 Å². The van der Waals surface area contributed by atoms with Crippen molar-refractivity contribution in [3.8, 4) is 5.75 Å². The van der Waals surface area contributed by atoms with Crippen LogP contribution in [-0.4, -0.2) is 47.4 Å². The molecule has 25 heavy (non-hydrogen) atoms. The average molecular weight is 345 g/mol. The van der Waals surface area contributed by atoms with Crippen molar-refractivity contribution in [2.75, 3.05) is 18.9 Å². The van der Waals surface area contributed by atoms with Crippen molar-refractivity contribution in [3.63, 3.8) is 0 Å². The number of rotatable bonds is 5. The Morgan fingerprint density at radius 1 is 1.32 bits per heavy atom. The molecular weight excluding hydrogens is 326 g/mol. The zero-order valence-corrected chi connectivity index (χ0v) is 13.4. The molecule has 1 aromatic carbocycles. The number of carbonyl (C=O) groups is 2. The summed E-state index contributed by atoms with van der Waals surface area (Å²) in [6.07, 6.45) is 0.247. The van der Waals surface area contributed by atoms with E-state index in [-0.39, 0.29) is 29.6 Å². The fraction of sp³-hybridized carbons (Fsp3) is 0.312. The van der Waals surface area contributed by atoms with Crippen LogP contribution >= 0.6 is 0 Å². The number of hydrogen-bond acceptors (Lipinski definition) is 6. The van der Waals surface area contributed by atoms with E-state index in [1.165, 1.54) is 6.07 Å². The summed E-state index contributed by atoms with van der Waals surface area (Å²) in [5, 5.41) is 9.22. The van der Waals surface area contributed by atoms with E-state index in [2.05, 4.69) is 15.5 Å². The van der Waals surface area contributed by atoms with Crippen LogP contribution in [0.25, 0.3) is 0 Å². The Bertz CT molecular complexity index is 758. The number of H-pyrrole nitrogens is 1. The molecule has 0 spiro atoms. The maximum atomic E-state index is 12.3. The minimum atomic E-state index is -0.503. The lowest BCUT2D eigenvalue weighted by Crippen LogP contribution is -2.51. The van der Waals surface area contributed by atoms with Crippen molar-refractivity contribution in [3.05, 3.63) is 41.6 Å². The molecule has 3 rings (SSSR count). The molecule has 6 N–H and O–H groups in total. The molecule has 0 aliphatic carbocycles. The van der Waals surface area contributed by atoms with Crippen molar-refractivity contribution < 1.29 is 19.1 Å². The number of aromatic amines is 1. The molecule has 0 radical (unpaired) electrons. The second kappa shape index (κ2) is 7.22. The molecule has 2 atom stereocenters. The van der Waals surface area contributed by atoms with Gasteiger partial charge in [-0.2, -0.15) is 5.10 Å². The first-order chi connectivity index (χ1) is 12.0. The first-order valence-corrected chi connectivity index (χ1v) is 7.79. The molecule has 0 unspecified atom stereocenters. The van der Waals surface area contributed by atoms with E-state index in [0.29, 0.717) is 30.9 Å². The van der Waals surface area contributed by atoms with Crippen LogP contribution < -0.4 is 21.5 Å². The predicted molar refractivity (Wildman–Crippen MR) is 89.1 cm³/mol. The third kappa shape index (κ3) is 4.07. The summed E-state index contributed by atoms with van der Waals surface area (Å²) >= 11 is 0. The van der Waals surface area contributed by atoms with Crippen LogP contribution in [0.3, 0.4) is 0 Å². The molecule has 1 saturated heterocycles. The SMILES string of the molecule is NC(=O)c1ccc(O[C@@H]2COCC[C@H]2NC(=O)c2cc(N)n[nH]2)cc1. The molecule has 1 aliphatic heterocycles. The number of nitrogens with zero attached hydrogens (tertiary/aromatic N) is 1. The number of nitrogens with two attached hydrogens (primary N) is 2. The van der Waals surface area contributed by atoms with Gasteiger partial charge in [-0.15, -0.1) is 0 Å². The summed E-state index contributed by atoms with van der Waals surface area (Å²) in [6, 6.07) is 7.71. The lowest BCUT2D eigenvalue weighted by atomic mass is 10.1. The van der Waals surface area contributed by atoms with Gasteiger partial charge in [0.05, 0.1) is 12.6 Å². The van der Waals surface area contributed by atoms with Crippen LogP contribution in [0.2, 0.25) is 0 Å². The fourth-order valence-electron chi connectivity index (χ4n) is 2.57. The molecule has 9 heteroatoms. The number of aromatic nitrogens is 2. The number of nitrogen functional groups attached to an aromatic ring is 1. The number of carbonyl (C=O) groups excluding carboxylic acids is 2. The van der Waals surface area contributed by atoms with E-state index < -0.39 is 5.91 Å². The average Bonchev–Trinajstić information content (AvgIpc) is 3.04. The molecule has 0 bridgehead atoms. The van der Waals surface area contributed by atoms with Gasteiger partial charge in [-0.3, -0.25) is 14.7 Å². The third-order valence-corrected chi connectivity index (χ3v) is 3.89. The van der Waals surface area contributed by atoms with Crippen molar-refractivity contribution >= 4 is 17.6 Å². The van der Waals surface area contributed by atoms with Crippen LogP contribution in [-0.2, 0) is 4.74 Å². The molecule has 1 fully saturated rings. The largest absolute Gasteiger partial charge is 0.486 e. The molecule has 0 saturated carbocycles. The van der Waals surface area contributed by atoms with Gasteiger partial charge < -0.3 is 26.3 Å². The van der Waals surface area contributed by atoms with Gasteiger partial charge in [-0.1, -0.05) is 0 Å². The van der Waals surface area contributed by atoms with Gasteiger partial charge in [0.15, 0.2) is 0 Å². The van der Waals surface area contributed by atoms with Crippen molar-refractivity contribution in [2.45, 2.75) is 18.6 Å². The highest BCUT2D eigenvalue weighted by Crippen LogP contribution is 2.19. The zero-order chi connectivity index (χ0) is 17.8. The predicted octanol–water partition coefficient (Wildman–Crippen LogP) is 0.0571. The molecular formula is C16H19N5O4. The Morgan fingerprint density at radius 2 is 2.08 bits per heavy atom. The highest BCUT2D eigenvalue weighted by Gasteiger charge is 2.29. The van der Waals surface area contributed by atoms with Crippen molar-refractivity contribution in [2.24, 2.45) is 5.73 Å². The molecule has 1 aliphatic rings. The minimum Gasteiger partial charge on any atom is -0.486 e. The number of benzene rings is 1. The molecule has 1 aromatic heterocycles. The van der Waals surface area contributed by atoms with Crippen LogP contribution in [0.1, 0.15) is 27.3 Å². The summed E-state index contributed by atoms with van der Waals surface area (Å²) in [5.74, 6) is -0.00435. The number of amides is 2. The van der Waals surface area contributed by atoms with E-state index in [4.69, 9.17) is 20.9 Å². The van der Waals surface area contributed by atoms with Crippen molar-refractivity contribution in [1.29, 1.82) is 0 Å². The summed E-state index contributed by atoms with van der Waals surface area (Å²) in [4.78, 5) is 23.4. The second-order valence-corrected chi connectivity index (χ2v) is 5.69. The summed E-state index contributed by atoms with van der Waals surface area (Å²) in [5.41, 5.74) is 11.4. The lowest BCUT2D eigenvalue weighted by Gasteiger charge is -2.32. The Kier molecular flexibility index (Phi) is 4.85. The molecule has 2 aromatic rings. The summed E-state index contributed by atoms with van der Waals surface area (Å²) in [6.45, 7) is 0.865. The highest BCUT2D eigenvalue weighted by molar-refractivity contribution is 5.93. The fourth-order valence-corrected chi connectivity index (χ4v) is 2.57.